The molecule has 0 atom stereocenters. The van der Waals surface area contributed by atoms with Crippen molar-refractivity contribution in [1.82, 2.24) is 0 Å². The highest BCUT2D eigenvalue weighted by Crippen LogP contribution is 1.97. The van der Waals surface area contributed by atoms with Gasteiger partial charge in [0.1, 0.15) is 0 Å². The summed E-state index contributed by atoms with van der Waals surface area (Å²) in [5.41, 5.74) is 1.61. The average molecular weight is 320 g/mol. The van der Waals surface area contributed by atoms with Crippen LogP contribution in [-0.4, -0.2) is 35.2 Å². The second kappa shape index (κ2) is 13.8. The van der Waals surface area contributed by atoms with Crippen molar-refractivity contribution in [2.45, 2.75) is 6.92 Å². The molecule has 0 aliphatic carbocycles. The summed E-state index contributed by atoms with van der Waals surface area (Å²) in [5, 5.41) is 15.6. The summed E-state index contributed by atoms with van der Waals surface area (Å²) in [5.74, 6) is -2.86. The zero-order chi connectivity index (χ0) is 18.3. The number of esters is 1. The fourth-order valence-corrected chi connectivity index (χ4v) is 0.906. The third kappa shape index (κ3) is 16.8. The topological polar surface area (TPSA) is 101 Å². The Bertz CT molecular complexity index is 542. The standard InChI is InChI=1S/C8H8.C5H8O2.C4H4O4/c1-2-8-6-4-3-5-7-8;1-4(2)5(6)7-3;5-3(6)1-2-4(7)8/h2-7H,1H2;1H2,2-3H3;1-2H,(H,5,6)(H,7,8)/b;;2-1-. The van der Waals surface area contributed by atoms with Crippen LogP contribution in [-0.2, 0) is 19.1 Å². The molecule has 0 spiro atoms. The molecule has 1 rings (SSSR count). The van der Waals surface area contributed by atoms with Gasteiger partial charge in [-0.1, -0.05) is 49.6 Å². The van der Waals surface area contributed by atoms with Crippen LogP contribution in [0.15, 0.2) is 61.2 Å². The Kier molecular flexibility index (Phi) is 13.3. The molecule has 2 N–H and O–H groups in total. The number of carbonyl (C=O) groups is 3. The first-order valence-electron chi connectivity index (χ1n) is 6.29. The highest BCUT2D eigenvalue weighted by Gasteiger charge is 1.95. The number of carboxylic acids is 2. The SMILES string of the molecule is C=C(C)C(=O)OC.C=Cc1ccccc1.O=C(O)/C=C\C(=O)O. The molecule has 0 saturated carbocycles. The average Bonchev–Trinajstić information content (AvgIpc) is 2.54. The number of methoxy groups -OCH3 is 1. The fraction of sp³-hybridized carbons (Fsp3) is 0.118. The molecule has 0 unspecified atom stereocenters. The van der Waals surface area contributed by atoms with E-state index in [-0.39, 0.29) is 5.97 Å². The van der Waals surface area contributed by atoms with Crippen molar-refractivity contribution in [2.75, 3.05) is 7.11 Å². The van der Waals surface area contributed by atoms with Gasteiger partial charge in [-0.25, -0.2) is 14.4 Å². The lowest BCUT2D eigenvalue weighted by Crippen LogP contribution is -1.98. The predicted octanol–water partition coefficient (Wildman–Crippen LogP) is 2.78. The van der Waals surface area contributed by atoms with Gasteiger partial charge in [0.25, 0.3) is 0 Å². The molecule has 0 fully saturated rings. The van der Waals surface area contributed by atoms with Crippen LogP contribution in [0.5, 0.6) is 0 Å². The molecule has 1 aromatic carbocycles. The van der Waals surface area contributed by atoms with E-state index in [9.17, 15) is 14.4 Å². The smallest absolute Gasteiger partial charge is 0.332 e. The molecule has 0 aliphatic rings. The second-order valence-corrected chi connectivity index (χ2v) is 3.90. The Labute approximate surface area is 135 Å². The van der Waals surface area contributed by atoms with Crippen LogP contribution in [0.2, 0.25) is 0 Å². The Morgan fingerprint density at radius 1 is 1.04 bits per heavy atom. The molecule has 0 aliphatic heterocycles. The minimum atomic E-state index is -1.26. The zero-order valence-electron chi connectivity index (χ0n) is 13.1. The van der Waals surface area contributed by atoms with Gasteiger partial charge in [0.2, 0.25) is 0 Å². The third-order valence-electron chi connectivity index (χ3n) is 1.94. The van der Waals surface area contributed by atoms with E-state index in [2.05, 4.69) is 17.9 Å². The maximum Gasteiger partial charge on any atom is 0.332 e. The summed E-state index contributed by atoms with van der Waals surface area (Å²) < 4.78 is 4.27. The highest BCUT2D eigenvalue weighted by molar-refractivity contribution is 5.89. The van der Waals surface area contributed by atoms with Crippen molar-refractivity contribution in [3.8, 4) is 0 Å². The predicted molar refractivity (Wildman–Crippen MR) is 87.8 cm³/mol. The van der Waals surface area contributed by atoms with Crippen molar-refractivity contribution in [3.05, 3.63) is 66.8 Å². The molecule has 0 radical (unpaired) electrons. The zero-order valence-corrected chi connectivity index (χ0v) is 13.1. The van der Waals surface area contributed by atoms with Gasteiger partial charge in [-0.3, -0.25) is 0 Å². The molecule has 1 aromatic rings. The van der Waals surface area contributed by atoms with Gasteiger partial charge < -0.3 is 14.9 Å². The molecule has 124 valence electrons. The van der Waals surface area contributed by atoms with Crippen molar-refractivity contribution in [3.63, 3.8) is 0 Å². The summed E-state index contributed by atoms with van der Waals surface area (Å²) in [6.07, 6.45) is 2.95. The van der Waals surface area contributed by atoms with Gasteiger partial charge in [-0.05, 0) is 12.5 Å². The number of benzene rings is 1. The van der Waals surface area contributed by atoms with Gasteiger partial charge in [-0.15, -0.1) is 0 Å². The summed E-state index contributed by atoms with van der Waals surface area (Å²) in [6.45, 7) is 8.59. The first kappa shape index (κ1) is 22.1. The number of aliphatic carboxylic acids is 2. The lowest BCUT2D eigenvalue weighted by atomic mass is 10.2. The van der Waals surface area contributed by atoms with Gasteiger partial charge in [-0.2, -0.15) is 0 Å². The molecule has 23 heavy (non-hydrogen) atoms. The monoisotopic (exact) mass is 320 g/mol. The number of ether oxygens (including phenoxy) is 1. The number of rotatable bonds is 4. The van der Waals surface area contributed by atoms with Gasteiger partial charge in [0.05, 0.1) is 7.11 Å². The van der Waals surface area contributed by atoms with Crippen LogP contribution in [0.25, 0.3) is 6.08 Å². The number of carbonyl (C=O) groups excluding carboxylic acids is 1. The van der Waals surface area contributed by atoms with Crippen LogP contribution in [0.3, 0.4) is 0 Å². The molecule has 0 aromatic heterocycles. The third-order valence-corrected chi connectivity index (χ3v) is 1.94. The first-order chi connectivity index (χ1) is 10.7. The van der Waals surface area contributed by atoms with E-state index in [0.717, 1.165) is 0 Å². The summed E-state index contributed by atoms with van der Waals surface area (Å²) in [6, 6.07) is 10.0. The molecule has 0 heterocycles. The highest BCUT2D eigenvalue weighted by atomic mass is 16.5. The Balaban J connectivity index is 0. The van der Waals surface area contributed by atoms with E-state index in [1.807, 2.05) is 36.4 Å². The lowest BCUT2D eigenvalue weighted by Gasteiger charge is -1.91. The summed E-state index contributed by atoms with van der Waals surface area (Å²) >= 11 is 0. The second-order valence-electron chi connectivity index (χ2n) is 3.90. The molecular weight excluding hydrogens is 300 g/mol. The molecule has 0 saturated heterocycles. The number of hydrogen-bond acceptors (Lipinski definition) is 4. The van der Waals surface area contributed by atoms with Crippen LogP contribution >= 0.6 is 0 Å². The lowest BCUT2D eigenvalue weighted by molar-refractivity contribution is -0.136. The normalized spacial score (nSPS) is 8.61. The van der Waals surface area contributed by atoms with Crippen LogP contribution in [0.4, 0.5) is 0 Å². The first-order valence-corrected chi connectivity index (χ1v) is 6.29. The van der Waals surface area contributed by atoms with Gasteiger partial charge in [0.15, 0.2) is 0 Å². The van der Waals surface area contributed by atoms with E-state index >= 15 is 0 Å². The van der Waals surface area contributed by atoms with Crippen molar-refractivity contribution < 1.29 is 29.3 Å². The minimum absolute atomic E-state index is 0.347. The quantitative estimate of drug-likeness (QED) is 0.653. The van der Waals surface area contributed by atoms with Crippen molar-refractivity contribution in [1.29, 1.82) is 0 Å². The molecule has 0 amide bonds. The van der Waals surface area contributed by atoms with Gasteiger partial charge in [0, 0.05) is 17.7 Å². The minimum Gasteiger partial charge on any atom is -0.478 e. The Hall–Kier alpha value is -3.15. The molecule has 0 bridgehead atoms. The fourth-order valence-electron chi connectivity index (χ4n) is 0.906. The van der Waals surface area contributed by atoms with Crippen LogP contribution in [0.1, 0.15) is 12.5 Å². The van der Waals surface area contributed by atoms with Crippen LogP contribution < -0.4 is 0 Å². The van der Waals surface area contributed by atoms with Crippen molar-refractivity contribution >= 4 is 24.0 Å². The molecule has 6 nitrogen and oxygen atoms in total. The molecule has 6 heteroatoms. The number of hydrogen-bond donors (Lipinski definition) is 2. The largest absolute Gasteiger partial charge is 0.478 e. The Morgan fingerprint density at radius 3 is 1.65 bits per heavy atom. The van der Waals surface area contributed by atoms with Crippen molar-refractivity contribution in [2.24, 2.45) is 0 Å². The summed E-state index contributed by atoms with van der Waals surface area (Å²) in [4.78, 5) is 29.3. The molecular formula is C17H20O6. The maximum absolute atomic E-state index is 10.2. The van der Waals surface area contributed by atoms with E-state index in [4.69, 9.17) is 10.2 Å². The number of carboxylic acid groups (broad SMARTS) is 2. The van der Waals surface area contributed by atoms with Crippen LogP contribution in [0, 0.1) is 0 Å². The maximum atomic E-state index is 10.2. The van der Waals surface area contributed by atoms with E-state index < -0.39 is 11.9 Å². The van der Waals surface area contributed by atoms with E-state index in [1.165, 1.54) is 12.7 Å². The van der Waals surface area contributed by atoms with Gasteiger partial charge >= 0.3 is 17.9 Å². The van der Waals surface area contributed by atoms with E-state index in [1.54, 1.807) is 6.92 Å². The van der Waals surface area contributed by atoms with E-state index in [0.29, 0.717) is 17.7 Å². The Morgan fingerprint density at radius 2 is 1.48 bits per heavy atom. The summed E-state index contributed by atoms with van der Waals surface area (Å²) in [7, 11) is 1.33.